The van der Waals surface area contributed by atoms with Crippen LogP contribution < -0.4 is 5.32 Å². The van der Waals surface area contributed by atoms with Crippen molar-refractivity contribution in [3.05, 3.63) is 46.6 Å². The topological polar surface area (TPSA) is 80.5 Å². The van der Waals surface area contributed by atoms with Crippen LogP contribution in [0.15, 0.2) is 28.8 Å². The van der Waals surface area contributed by atoms with Gasteiger partial charge in [-0.15, -0.1) is 0 Å². The van der Waals surface area contributed by atoms with Crippen molar-refractivity contribution in [2.24, 2.45) is 0 Å². The van der Waals surface area contributed by atoms with Crippen LogP contribution in [0.25, 0.3) is 0 Å². The minimum Gasteiger partial charge on any atom is -0.379 e. The van der Waals surface area contributed by atoms with Gasteiger partial charge >= 0.3 is 0 Å². The Labute approximate surface area is 151 Å². The number of aromatic nitrogens is 2. The lowest BCUT2D eigenvalue weighted by atomic mass is 10.0. The van der Waals surface area contributed by atoms with Gasteiger partial charge < -0.3 is 14.6 Å². The van der Waals surface area contributed by atoms with Gasteiger partial charge in [-0.3, -0.25) is 9.69 Å². The Hall–Kier alpha value is -1.96. The molecule has 0 aliphatic carbocycles. The second-order valence-corrected chi connectivity index (χ2v) is 6.36. The van der Waals surface area contributed by atoms with Crippen LogP contribution in [0, 0.1) is 6.92 Å². The first-order chi connectivity index (χ1) is 12.1. The van der Waals surface area contributed by atoms with Crippen LogP contribution in [0.2, 0.25) is 5.02 Å². The number of benzene rings is 1. The second-order valence-electron chi connectivity index (χ2n) is 5.93. The fourth-order valence-electron chi connectivity index (χ4n) is 2.86. The van der Waals surface area contributed by atoms with Gasteiger partial charge in [-0.25, -0.2) is 0 Å². The number of nitrogens with one attached hydrogen (secondary N) is 1. The van der Waals surface area contributed by atoms with Gasteiger partial charge in [0.1, 0.15) is 0 Å². The van der Waals surface area contributed by atoms with Crippen molar-refractivity contribution in [1.82, 2.24) is 20.4 Å². The summed E-state index contributed by atoms with van der Waals surface area (Å²) in [6.07, 6.45) is 0.105. The molecule has 3 rings (SSSR count). The lowest BCUT2D eigenvalue weighted by Crippen LogP contribution is -2.44. The minimum atomic E-state index is -0.131. The predicted octanol–water partition coefficient (Wildman–Crippen LogP) is 1.76. The van der Waals surface area contributed by atoms with E-state index in [9.17, 15) is 4.79 Å². The highest BCUT2D eigenvalue weighted by Gasteiger charge is 2.23. The molecule has 1 aromatic heterocycles. The number of halogens is 1. The molecule has 1 N–H and O–H groups in total. The lowest BCUT2D eigenvalue weighted by Gasteiger charge is -2.35. The van der Waals surface area contributed by atoms with Crippen molar-refractivity contribution >= 4 is 17.5 Å². The third-order valence-electron chi connectivity index (χ3n) is 4.12. The number of aryl methyl sites for hydroxylation is 1. The highest BCUT2D eigenvalue weighted by molar-refractivity contribution is 6.30. The largest absolute Gasteiger partial charge is 0.379 e. The highest BCUT2D eigenvalue weighted by atomic mass is 35.5. The van der Waals surface area contributed by atoms with E-state index in [1.807, 2.05) is 24.3 Å². The predicted molar refractivity (Wildman–Crippen MR) is 92.3 cm³/mol. The van der Waals surface area contributed by atoms with Crippen LogP contribution in [0.5, 0.6) is 0 Å². The summed E-state index contributed by atoms with van der Waals surface area (Å²) in [5.41, 5.74) is 1.11. The van der Waals surface area contributed by atoms with Crippen molar-refractivity contribution in [1.29, 1.82) is 0 Å². The van der Waals surface area contributed by atoms with E-state index < -0.39 is 0 Å². The molecule has 1 amide bonds. The molecule has 2 aromatic rings. The normalized spacial score (nSPS) is 16.6. The molecule has 0 bridgehead atoms. The van der Waals surface area contributed by atoms with Crippen LogP contribution in [0.3, 0.4) is 0 Å². The number of carbonyl (C=O) groups excluding carboxylic acids is 1. The standard InChI is InChI=1S/C17H21ClN4O3/c1-12-20-16(21-25-12)10-17(23)19-11-15(22-6-8-24-9-7-22)13-2-4-14(18)5-3-13/h2-5,15H,6-11H2,1H3,(H,19,23). The molecule has 1 unspecified atom stereocenters. The number of nitrogens with zero attached hydrogens (tertiary/aromatic N) is 3. The Morgan fingerprint density at radius 2 is 2.04 bits per heavy atom. The number of carbonyl (C=O) groups is 1. The fourth-order valence-corrected chi connectivity index (χ4v) is 2.99. The van der Waals surface area contributed by atoms with Gasteiger partial charge in [0.15, 0.2) is 5.82 Å². The monoisotopic (exact) mass is 364 g/mol. The van der Waals surface area contributed by atoms with E-state index in [0.29, 0.717) is 36.5 Å². The van der Waals surface area contributed by atoms with E-state index in [4.69, 9.17) is 20.9 Å². The summed E-state index contributed by atoms with van der Waals surface area (Å²) in [5, 5.41) is 7.42. The SMILES string of the molecule is Cc1nc(CC(=O)NCC(c2ccc(Cl)cc2)N2CCOCC2)no1. The zero-order valence-corrected chi connectivity index (χ0v) is 14.8. The van der Waals surface area contributed by atoms with Gasteiger partial charge in [0.05, 0.1) is 25.7 Å². The van der Waals surface area contributed by atoms with E-state index in [1.165, 1.54) is 0 Å². The molecular formula is C17H21ClN4O3. The second kappa shape index (κ2) is 8.42. The Bertz CT molecular complexity index is 698. The molecule has 2 heterocycles. The summed E-state index contributed by atoms with van der Waals surface area (Å²) in [5.74, 6) is 0.715. The maximum absolute atomic E-state index is 12.2. The zero-order valence-electron chi connectivity index (χ0n) is 14.1. The number of hydrogen-bond acceptors (Lipinski definition) is 6. The van der Waals surface area contributed by atoms with Crippen LogP contribution in [-0.2, 0) is 16.0 Å². The first-order valence-corrected chi connectivity index (χ1v) is 8.63. The van der Waals surface area contributed by atoms with Crippen molar-refractivity contribution in [2.45, 2.75) is 19.4 Å². The summed E-state index contributed by atoms with van der Waals surface area (Å²) in [6.45, 7) is 5.24. The Morgan fingerprint density at radius 1 is 1.32 bits per heavy atom. The first kappa shape index (κ1) is 17.8. The fraction of sp³-hybridized carbons (Fsp3) is 0.471. The molecule has 1 fully saturated rings. The summed E-state index contributed by atoms with van der Waals surface area (Å²) in [7, 11) is 0. The number of ether oxygens (including phenoxy) is 1. The van der Waals surface area contributed by atoms with E-state index in [0.717, 1.165) is 18.7 Å². The zero-order chi connectivity index (χ0) is 17.6. The number of morpholine rings is 1. The molecule has 7 nitrogen and oxygen atoms in total. The molecule has 25 heavy (non-hydrogen) atoms. The van der Waals surface area contributed by atoms with Gasteiger partial charge in [0.2, 0.25) is 11.8 Å². The Morgan fingerprint density at radius 3 is 2.68 bits per heavy atom. The van der Waals surface area contributed by atoms with Gasteiger partial charge in [-0.05, 0) is 17.7 Å². The van der Waals surface area contributed by atoms with Crippen molar-refractivity contribution in [3.8, 4) is 0 Å². The molecule has 1 aromatic carbocycles. The van der Waals surface area contributed by atoms with Crippen molar-refractivity contribution in [3.63, 3.8) is 0 Å². The highest BCUT2D eigenvalue weighted by Crippen LogP contribution is 2.23. The minimum absolute atomic E-state index is 0.0668. The average Bonchev–Trinajstić information content (AvgIpc) is 3.02. The number of hydrogen-bond donors (Lipinski definition) is 1. The van der Waals surface area contributed by atoms with Gasteiger partial charge in [-0.2, -0.15) is 4.98 Å². The third-order valence-corrected chi connectivity index (χ3v) is 4.37. The summed E-state index contributed by atoms with van der Waals surface area (Å²) in [4.78, 5) is 18.6. The Balaban J connectivity index is 1.64. The van der Waals surface area contributed by atoms with Gasteiger partial charge in [-0.1, -0.05) is 28.9 Å². The van der Waals surface area contributed by atoms with E-state index in [1.54, 1.807) is 6.92 Å². The van der Waals surface area contributed by atoms with E-state index >= 15 is 0 Å². The smallest absolute Gasteiger partial charge is 0.227 e. The number of amides is 1. The maximum atomic E-state index is 12.2. The molecule has 8 heteroatoms. The van der Waals surface area contributed by atoms with Crippen LogP contribution in [0.4, 0.5) is 0 Å². The molecule has 1 aliphatic rings. The van der Waals surface area contributed by atoms with Gasteiger partial charge in [0, 0.05) is 31.6 Å². The molecule has 1 saturated heterocycles. The summed E-state index contributed by atoms with van der Waals surface area (Å²) >= 11 is 6.00. The Kier molecular flexibility index (Phi) is 6.01. The third kappa shape index (κ3) is 5.01. The van der Waals surface area contributed by atoms with Gasteiger partial charge in [0.25, 0.3) is 0 Å². The molecule has 1 aliphatic heterocycles. The molecule has 0 spiro atoms. The molecule has 0 saturated carbocycles. The maximum Gasteiger partial charge on any atom is 0.227 e. The summed E-state index contributed by atoms with van der Waals surface area (Å²) < 4.78 is 10.3. The molecular weight excluding hydrogens is 344 g/mol. The van der Waals surface area contributed by atoms with E-state index in [2.05, 4.69) is 20.4 Å². The summed E-state index contributed by atoms with van der Waals surface area (Å²) in [6, 6.07) is 7.80. The lowest BCUT2D eigenvalue weighted by molar-refractivity contribution is -0.120. The quantitative estimate of drug-likeness (QED) is 0.841. The molecule has 1 atom stereocenters. The van der Waals surface area contributed by atoms with E-state index in [-0.39, 0.29) is 18.4 Å². The average molecular weight is 365 g/mol. The van der Waals surface area contributed by atoms with Crippen molar-refractivity contribution in [2.75, 3.05) is 32.8 Å². The first-order valence-electron chi connectivity index (χ1n) is 8.25. The molecule has 0 radical (unpaired) electrons. The molecule has 134 valence electrons. The van der Waals surface area contributed by atoms with Crippen molar-refractivity contribution < 1.29 is 14.1 Å². The van der Waals surface area contributed by atoms with Crippen LogP contribution >= 0.6 is 11.6 Å². The van der Waals surface area contributed by atoms with Crippen LogP contribution in [0.1, 0.15) is 23.3 Å². The number of rotatable bonds is 6. The van der Waals surface area contributed by atoms with Crippen LogP contribution in [-0.4, -0.2) is 53.8 Å².